The summed E-state index contributed by atoms with van der Waals surface area (Å²) in [5.41, 5.74) is 10.6. The molecule has 3 aromatic heterocycles. The van der Waals surface area contributed by atoms with Crippen LogP contribution >= 0.6 is 0 Å². The molecule has 262 valence electrons. The van der Waals surface area contributed by atoms with Gasteiger partial charge < -0.3 is 8.98 Å². The van der Waals surface area contributed by atoms with Crippen LogP contribution in [0.4, 0.5) is 0 Å². The maximum atomic E-state index is 7.10. The van der Waals surface area contributed by atoms with Gasteiger partial charge in [0.2, 0.25) is 0 Å². The van der Waals surface area contributed by atoms with Crippen molar-refractivity contribution in [2.75, 3.05) is 0 Å². The summed E-state index contributed by atoms with van der Waals surface area (Å²) in [5.74, 6) is 2.99. The standard InChI is InChI=1S/C47H48N4O/c1-27(2)31-18-12-21-34-35-22-13-19-32(28(3)4)40(35)51(39(31)34)38-25-15-24-37-36-23-14-20-33(41(36)52-42(37)38)29-16-11-17-30(26-29)43-48-44(46(5,6)7)50-45(49-43)47(8,9)10/h11-28H,1-10H3. The van der Waals surface area contributed by atoms with Gasteiger partial charge >= 0.3 is 0 Å². The highest BCUT2D eigenvalue weighted by molar-refractivity contribution is 6.15. The fourth-order valence-electron chi connectivity index (χ4n) is 7.55. The Labute approximate surface area is 306 Å². The molecule has 3 heterocycles. The van der Waals surface area contributed by atoms with Gasteiger partial charge in [0.25, 0.3) is 0 Å². The third kappa shape index (κ3) is 5.49. The number of fused-ring (bicyclic) bond motifs is 6. The van der Waals surface area contributed by atoms with Gasteiger partial charge in [0.1, 0.15) is 17.2 Å². The molecule has 52 heavy (non-hydrogen) atoms. The predicted octanol–water partition coefficient (Wildman–Crippen LogP) is 13.0. The molecule has 0 radical (unpaired) electrons. The summed E-state index contributed by atoms with van der Waals surface area (Å²) in [4.78, 5) is 14.9. The van der Waals surface area contributed by atoms with Crippen molar-refractivity contribution in [1.29, 1.82) is 0 Å². The van der Waals surface area contributed by atoms with E-state index in [1.165, 1.54) is 32.9 Å². The van der Waals surface area contributed by atoms with E-state index in [1.807, 2.05) is 0 Å². The molecule has 0 saturated carbocycles. The molecule has 0 aliphatic heterocycles. The Balaban J connectivity index is 1.37. The predicted molar refractivity (Wildman–Crippen MR) is 218 cm³/mol. The molecule has 0 unspecified atom stereocenters. The Kier molecular flexibility index (Phi) is 7.91. The minimum Gasteiger partial charge on any atom is -0.453 e. The van der Waals surface area contributed by atoms with Gasteiger partial charge in [-0.25, -0.2) is 15.0 Å². The van der Waals surface area contributed by atoms with Crippen molar-refractivity contribution in [3.8, 4) is 28.2 Å². The molecule has 5 aromatic carbocycles. The average Bonchev–Trinajstić information content (AvgIpc) is 3.67. The molecule has 0 fully saturated rings. The Morgan fingerprint density at radius 1 is 0.519 bits per heavy atom. The lowest BCUT2D eigenvalue weighted by molar-refractivity contribution is 0.497. The van der Waals surface area contributed by atoms with Gasteiger partial charge in [-0.3, -0.25) is 0 Å². The minimum absolute atomic E-state index is 0.213. The summed E-state index contributed by atoms with van der Waals surface area (Å²) in [6.07, 6.45) is 0. The zero-order valence-corrected chi connectivity index (χ0v) is 32.1. The molecular weight excluding hydrogens is 637 g/mol. The Morgan fingerprint density at radius 2 is 1.00 bits per heavy atom. The first-order chi connectivity index (χ1) is 24.7. The highest BCUT2D eigenvalue weighted by Crippen LogP contribution is 2.44. The maximum absolute atomic E-state index is 7.10. The monoisotopic (exact) mass is 684 g/mol. The largest absolute Gasteiger partial charge is 0.453 e. The fourth-order valence-corrected chi connectivity index (χ4v) is 7.55. The summed E-state index contributed by atoms with van der Waals surface area (Å²) in [7, 11) is 0. The summed E-state index contributed by atoms with van der Waals surface area (Å²) in [6.45, 7) is 22.0. The molecule has 5 nitrogen and oxygen atoms in total. The molecule has 0 atom stereocenters. The van der Waals surface area contributed by atoms with Gasteiger partial charge in [-0.2, -0.15) is 0 Å². The van der Waals surface area contributed by atoms with Crippen LogP contribution in [0.15, 0.2) is 101 Å². The zero-order valence-electron chi connectivity index (χ0n) is 32.1. The molecule has 0 aliphatic rings. The second kappa shape index (κ2) is 12.2. The van der Waals surface area contributed by atoms with Crippen LogP contribution in [0.25, 0.3) is 71.9 Å². The van der Waals surface area contributed by atoms with E-state index in [4.69, 9.17) is 19.4 Å². The lowest BCUT2D eigenvalue weighted by Crippen LogP contribution is -2.24. The van der Waals surface area contributed by atoms with Gasteiger partial charge in [-0.1, -0.05) is 154 Å². The highest BCUT2D eigenvalue weighted by Gasteiger charge is 2.26. The molecule has 0 N–H and O–H groups in total. The van der Waals surface area contributed by atoms with Crippen LogP contribution in [0.3, 0.4) is 0 Å². The van der Waals surface area contributed by atoms with Crippen molar-refractivity contribution >= 4 is 43.7 Å². The number of aromatic nitrogens is 4. The van der Waals surface area contributed by atoms with Crippen LogP contribution in [-0.4, -0.2) is 19.5 Å². The normalized spacial score (nSPS) is 12.8. The lowest BCUT2D eigenvalue weighted by Gasteiger charge is -2.22. The number of hydrogen-bond donors (Lipinski definition) is 0. The lowest BCUT2D eigenvalue weighted by atomic mass is 9.92. The van der Waals surface area contributed by atoms with Crippen LogP contribution in [0.5, 0.6) is 0 Å². The van der Waals surface area contributed by atoms with E-state index in [0.29, 0.717) is 17.7 Å². The zero-order chi connectivity index (χ0) is 36.7. The number of furan rings is 1. The van der Waals surface area contributed by atoms with E-state index in [9.17, 15) is 0 Å². The molecule has 8 rings (SSSR count). The van der Waals surface area contributed by atoms with Gasteiger partial charge in [-0.15, -0.1) is 0 Å². The Morgan fingerprint density at radius 3 is 1.56 bits per heavy atom. The number of benzene rings is 5. The van der Waals surface area contributed by atoms with E-state index in [2.05, 4.69) is 171 Å². The number of hydrogen-bond acceptors (Lipinski definition) is 4. The molecule has 0 saturated heterocycles. The van der Waals surface area contributed by atoms with Crippen LogP contribution in [0.2, 0.25) is 0 Å². The minimum atomic E-state index is -0.213. The van der Waals surface area contributed by atoms with Crippen molar-refractivity contribution in [3.05, 3.63) is 120 Å². The van der Waals surface area contributed by atoms with Gasteiger partial charge in [-0.05, 0) is 40.7 Å². The third-order valence-electron chi connectivity index (χ3n) is 10.3. The van der Waals surface area contributed by atoms with Crippen LogP contribution in [0, 0.1) is 0 Å². The van der Waals surface area contributed by atoms with E-state index in [-0.39, 0.29) is 10.8 Å². The van der Waals surface area contributed by atoms with Gasteiger partial charge in [0.15, 0.2) is 11.4 Å². The van der Waals surface area contributed by atoms with E-state index in [1.54, 1.807) is 0 Å². The smallest absolute Gasteiger partial charge is 0.163 e. The first kappa shape index (κ1) is 33.8. The number of nitrogens with zero attached hydrogens (tertiary/aromatic N) is 4. The van der Waals surface area contributed by atoms with Crippen LogP contribution in [-0.2, 0) is 10.8 Å². The Hall–Kier alpha value is -5.29. The molecule has 8 aromatic rings. The average molecular weight is 685 g/mol. The summed E-state index contributed by atoms with van der Waals surface area (Å²) in [5, 5.41) is 4.75. The highest BCUT2D eigenvalue weighted by atomic mass is 16.3. The first-order valence-electron chi connectivity index (χ1n) is 18.6. The van der Waals surface area contributed by atoms with E-state index in [0.717, 1.165) is 56.0 Å². The third-order valence-corrected chi connectivity index (χ3v) is 10.3. The molecule has 0 bridgehead atoms. The molecular formula is C47H48N4O. The quantitative estimate of drug-likeness (QED) is 0.181. The second-order valence-electron chi connectivity index (χ2n) is 17.0. The number of para-hydroxylation sites is 4. The van der Waals surface area contributed by atoms with Crippen molar-refractivity contribution < 1.29 is 4.42 Å². The summed E-state index contributed by atoms with van der Waals surface area (Å²) >= 11 is 0. The molecule has 0 aliphatic carbocycles. The van der Waals surface area contributed by atoms with Crippen molar-refractivity contribution in [1.82, 2.24) is 19.5 Å². The topological polar surface area (TPSA) is 56.7 Å². The van der Waals surface area contributed by atoms with E-state index < -0.39 is 0 Å². The molecule has 0 spiro atoms. The molecule has 0 amide bonds. The van der Waals surface area contributed by atoms with E-state index >= 15 is 0 Å². The van der Waals surface area contributed by atoms with Gasteiger partial charge in [0, 0.05) is 43.5 Å². The Bertz CT molecular complexity index is 2560. The maximum Gasteiger partial charge on any atom is 0.163 e. The van der Waals surface area contributed by atoms with Crippen LogP contribution in [0.1, 0.15) is 104 Å². The summed E-state index contributed by atoms with van der Waals surface area (Å²) < 4.78 is 9.59. The number of rotatable bonds is 5. The SMILES string of the molecule is CC(C)c1cccc2c3cccc(C(C)C)c3n(-c3cccc4c3oc3c(-c5cccc(-c6nc(C(C)(C)C)nc(C(C)(C)C)n6)c5)cccc34)c12. The van der Waals surface area contributed by atoms with Crippen molar-refractivity contribution in [3.63, 3.8) is 0 Å². The first-order valence-corrected chi connectivity index (χ1v) is 18.6. The fraction of sp³-hybridized carbons (Fsp3) is 0.298. The molecule has 5 heteroatoms. The van der Waals surface area contributed by atoms with Crippen molar-refractivity contribution in [2.24, 2.45) is 0 Å². The van der Waals surface area contributed by atoms with Crippen LogP contribution < -0.4 is 0 Å². The van der Waals surface area contributed by atoms with Crippen molar-refractivity contribution in [2.45, 2.75) is 91.9 Å². The summed E-state index contributed by atoms with van der Waals surface area (Å²) in [6, 6.07) is 35.1. The van der Waals surface area contributed by atoms with Gasteiger partial charge in [0.05, 0.1) is 16.7 Å². The second-order valence-corrected chi connectivity index (χ2v) is 17.0.